The highest BCUT2D eigenvalue weighted by Gasteiger charge is 2.30. The number of carbonyl (C=O) groups excluding carboxylic acids is 1. The molecule has 8 heteroatoms. The molecule has 0 unspecified atom stereocenters. The zero-order valence-electron chi connectivity index (χ0n) is 21.0. The van der Waals surface area contributed by atoms with E-state index in [4.69, 9.17) is 9.72 Å². The number of benzene rings is 1. The maximum atomic E-state index is 13.6. The van der Waals surface area contributed by atoms with E-state index in [1.807, 2.05) is 11.1 Å². The minimum atomic E-state index is 0.0134. The smallest absolute Gasteiger partial charge is 0.257 e. The predicted octanol–water partition coefficient (Wildman–Crippen LogP) is 3.66. The van der Waals surface area contributed by atoms with Gasteiger partial charge in [0.15, 0.2) is 0 Å². The molecule has 0 radical (unpaired) electrons. The fraction of sp³-hybridized carbons (Fsp3) is 0.500. The highest BCUT2D eigenvalue weighted by atomic mass is 16.5. The maximum absolute atomic E-state index is 13.6. The van der Waals surface area contributed by atoms with Crippen molar-refractivity contribution < 1.29 is 9.53 Å². The Kier molecular flexibility index (Phi) is 6.54. The fourth-order valence-electron chi connectivity index (χ4n) is 6.08. The lowest BCUT2D eigenvalue weighted by molar-refractivity contribution is 0.0569. The Labute approximate surface area is 212 Å². The van der Waals surface area contributed by atoms with Crippen molar-refractivity contribution in [3.05, 3.63) is 59.0 Å². The number of methoxy groups -OCH3 is 1. The number of piperazine rings is 1. The summed E-state index contributed by atoms with van der Waals surface area (Å²) in [6, 6.07) is 9.16. The Balaban J connectivity index is 1.28. The molecule has 1 saturated heterocycles. The van der Waals surface area contributed by atoms with Crippen molar-refractivity contribution >= 4 is 5.91 Å². The van der Waals surface area contributed by atoms with E-state index in [1.165, 1.54) is 31.2 Å². The van der Waals surface area contributed by atoms with Crippen LogP contribution in [0.15, 0.2) is 36.7 Å². The average molecular weight is 487 g/mol. The van der Waals surface area contributed by atoms with Gasteiger partial charge in [0.25, 0.3) is 11.9 Å². The van der Waals surface area contributed by atoms with Gasteiger partial charge in [0.2, 0.25) is 0 Å². The third kappa shape index (κ3) is 4.33. The summed E-state index contributed by atoms with van der Waals surface area (Å²) in [4.78, 5) is 27.7. The lowest BCUT2D eigenvalue weighted by Crippen LogP contribution is -2.51. The second-order valence-electron chi connectivity index (χ2n) is 10.2. The van der Waals surface area contributed by atoms with Gasteiger partial charge in [-0.2, -0.15) is 9.78 Å². The highest BCUT2D eigenvalue weighted by Crippen LogP contribution is 2.31. The van der Waals surface area contributed by atoms with Crippen molar-refractivity contribution in [2.45, 2.75) is 57.6 Å². The molecule has 3 aliphatic rings. The van der Waals surface area contributed by atoms with Crippen molar-refractivity contribution in [1.29, 1.82) is 0 Å². The number of nitrogens with zero attached hydrogens (tertiary/aromatic N) is 6. The fourth-order valence-corrected chi connectivity index (χ4v) is 6.08. The summed E-state index contributed by atoms with van der Waals surface area (Å²) < 4.78 is 7.18. The number of aromatic nitrogens is 4. The molecule has 3 aromatic rings. The Morgan fingerprint density at radius 3 is 2.58 bits per heavy atom. The summed E-state index contributed by atoms with van der Waals surface area (Å²) in [5, 5.41) is 4.58. The van der Waals surface area contributed by atoms with Crippen LogP contribution in [0.3, 0.4) is 0 Å². The second kappa shape index (κ2) is 10.1. The molecule has 2 fully saturated rings. The van der Waals surface area contributed by atoms with Gasteiger partial charge in [0, 0.05) is 51.1 Å². The predicted molar refractivity (Wildman–Crippen MR) is 137 cm³/mol. The van der Waals surface area contributed by atoms with E-state index in [0.29, 0.717) is 23.2 Å². The average Bonchev–Trinajstić information content (AvgIpc) is 3.56. The van der Waals surface area contributed by atoms with E-state index in [0.717, 1.165) is 62.3 Å². The standard InChI is InChI=1S/C28H34N6O2/c1-36-19-25-24(27(35)33-15-13-32(14-16-33)22-10-3-4-11-22)18-30-34(25)28-29-17-21-9-6-8-20-7-2-5-12-23(20)26(21)31-28/h2,5,7,12,17-18,22H,3-4,6,8-11,13-16,19H2,1H3. The van der Waals surface area contributed by atoms with Gasteiger partial charge >= 0.3 is 0 Å². The lowest BCUT2D eigenvalue weighted by Gasteiger charge is -2.38. The van der Waals surface area contributed by atoms with E-state index in [-0.39, 0.29) is 12.5 Å². The maximum Gasteiger partial charge on any atom is 0.257 e. The molecule has 1 aliphatic heterocycles. The van der Waals surface area contributed by atoms with Gasteiger partial charge in [-0.15, -0.1) is 0 Å². The van der Waals surface area contributed by atoms with E-state index in [1.54, 1.807) is 18.0 Å². The van der Waals surface area contributed by atoms with Crippen molar-refractivity contribution in [2.24, 2.45) is 0 Å². The monoisotopic (exact) mass is 486 g/mol. The summed E-state index contributed by atoms with van der Waals surface area (Å²) >= 11 is 0. The van der Waals surface area contributed by atoms with Crippen LogP contribution in [0.25, 0.3) is 17.2 Å². The summed E-state index contributed by atoms with van der Waals surface area (Å²) in [6.45, 7) is 3.65. The van der Waals surface area contributed by atoms with E-state index < -0.39 is 0 Å². The molecule has 0 atom stereocenters. The van der Waals surface area contributed by atoms with Gasteiger partial charge in [-0.25, -0.2) is 9.97 Å². The number of aryl methyl sites for hydroxylation is 2. The van der Waals surface area contributed by atoms with Crippen LogP contribution in [-0.4, -0.2) is 74.8 Å². The second-order valence-corrected chi connectivity index (χ2v) is 10.2. The number of ether oxygens (including phenoxy) is 1. The summed E-state index contributed by atoms with van der Waals surface area (Å²) in [5.74, 6) is 0.488. The molecule has 1 saturated carbocycles. The van der Waals surface area contributed by atoms with Gasteiger partial charge in [-0.05, 0) is 43.2 Å². The van der Waals surface area contributed by atoms with Crippen LogP contribution < -0.4 is 0 Å². The first-order valence-electron chi connectivity index (χ1n) is 13.3. The molecule has 36 heavy (non-hydrogen) atoms. The number of hydrogen-bond donors (Lipinski definition) is 0. The summed E-state index contributed by atoms with van der Waals surface area (Å²) in [6.07, 6.45) is 11.9. The van der Waals surface area contributed by atoms with Crippen LogP contribution in [0.2, 0.25) is 0 Å². The van der Waals surface area contributed by atoms with Crippen molar-refractivity contribution in [3.63, 3.8) is 0 Å². The molecular formula is C28H34N6O2. The van der Waals surface area contributed by atoms with Crippen LogP contribution in [0.5, 0.6) is 0 Å². The first-order chi connectivity index (χ1) is 17.7. The van der Waals surface area contributed by atoms with Gasteiger partial charge in [-0.3, -0.25) is 9.69 Å². The van der Waals surface area contributed by atoms with Crippen molar-refractivity contribution in [2.75, 3.05) is 33.3 Å². The number of fused-ring (bicyclic) bond motifs is 3. The Morgan fingerprint density at radius 2 is 1.78 bits per heavy atom. The summed E-state index contributed by atoms with van der Waals surface area (Å²) in [7, 11) is 1.64. The molecule has 3 heterocycles. The molecule has 1 amide bonds. The minimum absolute atomic E-state index is 0.0134. The summed E-state index contributed by atoms with van der Waals surface area (Å²) in [5.41, 5.74) is 5.85. The number of carbonyl (C=O) groups is 1. The molecule has 1 aromatic carbocycles. The van der Waals surface area contributed by atoms with Gasteiger partial charge in [0.1, 0.15) is 0 Å². The van der Waals surface area contributed by atoms with Crippen molar-refractivity contribution in [1.82, 2.24) is 29.5 Å². The Hall–Kier alpha value is -3.10. The van der Waals surface area contributed by atoms with Crippen LogP contribution >= 0.6 is 0 Å². The molecule has 188 valence electrons. The van der Waals surface area contributed by atoms with Crippen LogP contribution in [-0.2, 0) is 24.2 Å². The highest BCUT2D eigenvalue weighted by molar-refractivity contribution is 5.95. The normalized spacial score (nSPS) is 18.6. The van der Waals surface area contributed by atoms with Crippen molar-refractivity contribution in [3.8, 4) is 17.2 Å². The topological polar surface area (TPSA) is 76.4 Å². The number of hydrogen-bond acceptors (Lipinski definition) is 6. The molecule has 0 N–H and O–H groups in total. The zero-order chi connectivity index (χ0) is 24.5. The quantitative estimate of drug-likeness (QED) is 0.548. The SMILES string of the molecule is COCc1c(C(=O)N2CCN(C3CCCC3)CC2)cnn1-c1ncc2c(n1)-c1ccccc1CCC2. The molecule has 0 bridgehead atoms. The van der Waals surface area contributed by atoms with Crippen LogP contribution in [0, 0.1) is 0 Å². The largest absolute Gasteiger partial charge is 0.378 e. The van der Waals surface area contributed by atoms with Gasteiger partial charge in [0.05, 0.1) is 29.8 Å². The van der Waals surface area contributed by atoms with Gasteiger partial charge < -0.3 is 9.64 Å². The third-order valence-electron chi connectivity index (χ3n) is 8.03. The molecule has 2 aliphatic carbocycles. The van der Waals surface area contributed by atoms with E-state index in [2.05, 4.69) is 39.2 Å². The zero-order valence-corrected chi connectivity index (χ0v) is 21.0. The van der Waals surface area contributed by atoms with E-state index >= 15 is 0 Å². The molecule has 6 rings (SSSR count). The Bertz CT molecular complexity index is 1240. The molecular weight excluding hydrogens is 452 g/mol. The van der Waals surface area contributed by atoms with Gasteiger partial charge in [-0.1, -0.05) is 37.1 Å². The first kappa shape index (κ1) is 23.3. The minimum Gasteiger partial charge on any atom is -0.378 e. The van der Waals surface area contributed by atoms with Crippen LogP contribution in [0.4, 0.5) is 0 Å². The molecule has 2 aromatic heterocycles. The molecule has 0 spiro atoms. The number of amides is 1. The Morgan fingerprint density at radius 1 is 1.00 bits per heavy atom. The number of rotatable bonds is 5. The van der Waals surface area contributed by atoms with Crippen LogP contribution in [0.1, 0.15) is 59.3 Å². The van der Waals surface area contributed by atoms with E-state index in [9.17, 15) is 4.79 Å². The lowest BCUT2D eigenvalue weighted by atomic mass is 10.0. The first-order valence-corrected chi connectivity index (χ1v) is 13.3. The molecule has 8 nitrogen and oxygen atoms in total. The third-order valence-corrected chi connectivity index (χ3v) is 8.03.